The molecule has 2 rings (SSSR count). The highest BCUT2D eigenvalue weighted by Crippen LogP contribution is 2.17. The van der Waals surface area contributed by atoms with Crippen LogP contribution in [0.3, 0.4) is 0 Å². The van der Waals surface area contributed by atoms with Gasteiger partial charge in [0.05, 0.1) is 12.2 Å². The second-order valence-electron chi connectivity index (χ2n) is 6.04. The SMILES string of the molecule is CCCCCCCCOc1ccc(NC(=O)c2coc(C)c2)cc1. The Bertz CT molecular complexity index is 616. The van der Waals surface area contributed by atoms with Crippen LogP contribution in [0.15, 0.2) is 41.0 Å². The van der Waals surface area contributed by atoms with Crippen LogP contribution in [0.5, 0.6) is 5.75 Å². The van der Waals surface area contributed by atoms with Gasteiger partial charge in [0.1, 0.15) is 17.8 Å². The van der Waals surface area contributed by atoms with Gasteiger partial charge in [-0.3, -0.25) is 4.79 Å². The Kier molecular flexibility index (Phi) is 7.40. The van der Waals surface area contributed by atoms with Crippen LogP contribution in [-0.2, 0) is 0 Å². The third kappa shape index (κ3) is 6.11. The van der Waals surface area contributed by atoms with Crippen molar-refractivity contribution in [1.82, 2.24) is 0 Å². The maximum Gasteiger partial charge on any atom is 0.258 e. The van der Waals surface area contributed by atoms with Crippen molar-refractivity contribution in [2.75, 3.05) is 11.9 Å². The van der Waals surface area contributed by atoms with E-state index < -0.39 is 0 Å². The lowest BCUT2D eigenvalue weighted by atomic mass is 10.1. The predicted octanol–water partition coefficient (Wildman–Crippen LogP) is 5.58. The van der Waals surface area contributed by atoms with Gasteiger partial charge in [0.15, 0.2) is 0 Å². The number of unbranched alkanes of at least 4 members (excludes halogenated alkanes) is 5. The maximum absolute atomic E-state index is 12.0. The van der Waals surface area contributed by atoms with Crippen molar-refractivity contribution < 1.29 is 13.9 Å². The molecule has 4 heteroatoms. The highest BCUT2D eigenvalue weighted by molar-refractivity contribution is 6.04. The summed E-state index contributed by atoms with van der Waals surface area (Å²) in [6.45, 7) is 4.78. The molecule has 0 saturated carbocycles. The van der Waals surface area contributed by atoms with Gasteiger partial charge in [0.2, 0.25) is 0 Å². The molecular weight excluding hydrogens is 302 g/mol. The number of aryl methyl sites for hydroxylation is 1. The number of ether oxygens (including phenoxy) is 1. The molecular formula is C20H27NO3. The van der Waals surface area contributed by atoms with Crippen molar-refractivity contribution in [3.05, 3.63) is 47.9 Å². The zero-order valence-corrected chi connectivity index (χ0v) is 14.6. The lowest BCUT2D eigenvalue weighted by Gasteiger charge is -2.08. The molecule has 1 amide bonds. The number of carbonyl (C=O) groups excluding carboxylic acids is 1. The molecule has 4 nitrogen and oxygen atoms in total. The summed E-state index contributed by atoms with van der Waals surface area (Å²) in [6.07, 6.45) is 8.98. The van der Waals surface area contributed by atoms with E-state index in [2.05, 4.69) is 12.2 Å². The Morgan fingerprint density at radius 3 is 2.46 bits per heavy atom. The number of carbonyl (C=O) groups is 1. The van der Waals surface area contributed by atoms with Crippen molar-refractivity contribution in [3.8, 4) is 5.75 Å². The first-order chi connectivity index (χ1) is 11.7. The topological polar surface area (TPSA) is 51.5 Å². The molecule has 1 heterocycles. The number of amides is 1. The fourth-order valence-corrected chi connectivity index (χ4v) is 2.47. The summed E-state index contributed by atoms with van der Waals surface area (Å²) in [5.41, 5.74) is 1.27. The van der Waals surface area contributed by atoms with Gasteiger partial charge in [0.25, 0.3) is 5.91 Å². The molecule has 24 heavy (non-hydrogen) atoms. The van der Waals surface area contributed by atoms with Crippen LogP contribution in [0.4, 0.5) is 5.69 Å². The molecule has 0 radical (unpaired) electrons. The summed E-state index contributed by atoms with van der Waals surface area (Å²) in [5, 5.41) is 2.84. The Hall–Kier alpha value is -2.23. The van der Waals surface area contributed by atoms with E-state index in [9.17, 15) is 4.79 Å². The standard InChI is InChI=1S/C20H27NO3/c1-3-4-5-6-7-8-13-23-19-11-9-18(10-12-19)21-20(22)17-14-16(2)24-15-17/h9-12,14-15H,3-8,13H2,1-2H3,(H,21,22). The number of rotatable bonds is 10. The minimum atomic E-state index is -0.174. The molecule has 0 aliphatic heterocycles. The Labute approximate surface area is 144 Å². The molecule has 130 valence electrons. The molecule has 0 saturated heterocycles. The minimum Gasteiger partial charge on any atom is -0.494 e. The third-order valence-corrected chi connectivity index (χ3v) is 3.87. The largest absolute Gasteiger partial charge is 0.494 e. The summed E-state index contributed by atoms with van der Waals surface area (Å²) in [6, 6.07) is 9.18. The molecule has 0 spiro atoms. The van der Waals surface area contributed by atoms with Crippen LogP contribution in [-0.4, -0.2) is 12.5 Å². The van der Waals surface area contributed by atoms with Gasteiger partial charge in [0, 0.05) is 5.69 Å². The van der Waals surface area contributed by atoms with Crippen LogP contribution in [0.2, 0.25) is 0 Å². The monoisotopic (exact) mass is 329 g/mol. The van der Waals surface area contributed by atoms with Crippen molar-refractivity contribution in [3.63, 3.8) is 0 Å². The van der Waals surface area contributed by atoms with E-state index in [4.69, 9.17) is 9.15 Å². The quantitative estimate of drug-likeness (QED) is 0.579. The van der Waals surface area contributed by atoms with E-state index in [0.29, 0.717) is 5.56 Å². The zero-order valence-electron chi connectivity index (χ0n) is 14.6. The lowest BCUT2D eigenvalue weighted by molar-refractivity contribution is 0.102. The minimum absolute atomic E-state index is 0.174. The second kappa shape index (κ2) is 9.81. The van der Waals surface area contributed by atoms with Gasteiger partial charge >= 0.3 is 0 Å². The van der Waals surface area contributed by atoms with Gasteiger partial charge < -0.3 is 14.5 Å². The van der Waals surface area contributed by atoms with E-state index in [1.807, 2.05) is 31.2 Å². The number of furan rings is 1. The van der Waals surface area contributed by atoms with Crippen molar-refractivity contribution in [2.24, 2.45) is 0 Å². The van der Waals surface area contributed by atoms with Gasteiger partial charge in [-0.15, -0.1) is 0 Å². The maximum atomic E-state index is 12.0. The highest BCUT2D eigenvalue weighted by atomic mass is 16.5. The molecule has 0 aliphatic carbocycles. The van der Waals surface area contributed by atoms with Gasteiger partial charge in [-0.2, -0.15) is 0 Å². The number of benzene rings is 1. The smallest absolute Gasteiger partial charge is 0.258 e. The Balaban J connectivity index is 1.70. The van der Waals surface area contributed by atoms with E-state index in [1.54, 1.807) is 6.07 Å². The van der Waals surface area contributed by atoms with Crippen LogP contribution >= 0.6 is 0 Å². The number of hydrogen-bond donors (Lipinski definition) is 1. The van der Waals surface area contributed by atoms with Gasteiger partial charge in [-0.25, -0.2) is 0 Å². The van der Waals surface area contributed by atoms with Gasteiger partial charge in [-0.05, 0) is 43.7 Å². The molecule has 0 unspecified atom stereocenters. The van der Waals surface area contributed by atoms with E-state index in [0.717, 1.165) is 30.2 Å². The normalized spacial score (nSPS) is 10.6. The predicted molar refractivity (Wildman–Crippen MR) is 96.7 cm³/mol. The van der Waals surface area contributed by atoms with Crippen LogP contribution in [0, 0.1) is 6.92 Å². The average molecular weight is 329 g/mol. The summed E-state index contributed by atoms with van der Waals surface area (Å²) < 4.78 is 10.9. The molecule has 0 aliphatic rings. The average Bonchev–Trinajstić information content (AvgIpc) is 3.02. The highest BCUT2D eigenvalue weighted by Gasteiger charge is 2.08. The molecule has 1 N–H and O–H groups in total. The van der Waals surface area contributed by atoms with Crippen molar-refractivity contribution >= 4 is 11.6 Å². The van der Waals surface area contributed by atoms with Crippen LogP contribution in [0.1, 0.15) is 61.6 Å². The number of anilines is 1. The first kappa shape index (κ1) is 18.1. The molecule has 1 aromatic carbocycles. The van der Waals surface area contributed by atoms with E-state index in [1.165, 1.54) is 38.4 Å². The Morgan fingerprint density at radius 1 is 1.08 bits per heavy atom. The Morgan fingerprint density at radius 2 is 1.79 bits per heavy atom. The molecule has 0 fully saturated rings. The summed E-state index contributed by atoms with van der Waals surface area (Å²) in [4.78, 5) is 12.0. The van der Waals surface area contributed by atoms with Crippen LogP contribution in [0.25, 0.3) is 0 Å². The number of hydrogen-bond acceptors (Lipinski definition) is 3. The first-order valence-electron chi connectivity index (χ1n) is 8.78. The van der Waals surface area contributed by atoms with E-state index in [-0.39, 0.29) is 5.91 Å². The van der Waals surface area contributed by atoms with Crippen LogP contribution < -0.4 is 10.1 Å². The molecule has 0 bridgehead atoms. The number of nitrogens with one attached hydrogen (secondary N) is 1. The van der Waals surface area contributed by atoms with E-state index >= 15 is 0 Å². The molecule has 0 atom stereocenters. The summed E-state index contributed by atoms with van der Waals surface area (Å²) in [7, 11) is 0. The van der Waals surface area contributed by atoms with Gasteiger partial charge in [-0.1, -0.05) is 39.0 Å². The lowest BCUT2D eigenvalue weighted by Crippen LogP contribution is -2.10. The molecule has 1 aromatic heterocycles. The fraction of sp³-hybridized carbons (Fsp3) is 0.450. The fourth-order valence-electron chi connectivity index (χ4n) is 2.47. The first-order valence-corrected chi connectivity index (χ1v) is 8.78. The zero-order chi connectivity index (χ0) is 17.2. The third-order valence-electron chi connectivity index (χ3n) is 3.87. The summed E-state index contributed by atoms with van der Waals surface area (Å²) >= 11 is 0. The van der Waals surface area contributed by atoms with Crippen molar-refractivity contribution in [2.45, 2.75) is 52.4 Å². The summed E-state index contributed by atoms with van der Waals surface area (Å²) in [5.74, 6) is 1.38. The van der Waals surface area contributed by atoms with Crippen molar-refractivity contribution in [1.29, 1.82) is 0 Å². The molecule has 2 aromatic rings. The second-order valence-corrected chi connectivity index (χ2v) is 6.04.